The number of aromatic nitrogens is 2. The lowest BCUT2D eigenvalue weighted by molar-refractivity contribution is -0.117. The minimum atomic E-state index is -0.245. The third-order valence-corrected chi connectivity index (χ3v) is 6.39. The number of thiazole rings is 1. The summed E-state index contributed by atoms with van der Waals surface area (Å²) in [4.78, 5) is 19.8. The van der Waals surface area contributed by atoms with Gasteiger partial charge in [-0.1, -0.05) is 17.4 Å². The lowest BCUT2D eigenvalue weighted by atomic mass is 9.96. The maximum Gasteiger partial charge on any atom is 0.229 e. The number of H-pyrrole nitrogens is 1. The first-order valence-corrected chi connectivity index (χ1v) is 9.95. The highest BCUT2D eigenvalue weighted by Gasteiger charge is 2.42. The number of aromatic amines is 1. The summed E-state index contributed by atoms with van der Waals surface area (Å²) in [6.07, 6.45) is 2.53. The number of fused-ring (bicyclic) bond motifs is 2. The van der Waals surface area contributed by atoms with Crippen molar-refractivity contribution in [1.29, 1.82) is 0 Å². The molecule has 0 aliphatic heterocycles. The molecule has 7 heteroatoms. The molecule has 1 saturated carbocycles. The molecule has 0 saturated heterocycles. The third kappa shape index (κ3) is 2.78. The van der Waals surface area contributed by atoms with Crippen molar-refractivity contribution >= 4 is 43.5 Å². The molecule has 2 atom stereocenters. The summed E-state index contributed by atoms with van der Waals surface area (Å²) >= 11 is 1.40. The molecule has 2 aromatic carbocycles. The molecule has 1 aliphatic carbocycles. The molecule has 1 aliphatic rings. The SMILES string of the molecule is Cc1c(F)cc2[nH]ccc2c1-c1ccc2nc(NC(=O)[C@@H]3C[C@@H]3CO)sc2c1. The Balaban J connectivity index is 1.52. The second kappa shape index (κ2) is 6.39. The quantitative estimate of drug-likeness (QED) is 0.477. The first kappa shape index (κ1) is 17.3. The van der Waals surface area contributed by atoms with Crippen LogP contribution in [-0.2, 0) is 4.79 Å². The molecule has 28 heavy (non-hydrogen) atoms. The van der Waals surface area contributed by atoms with E-state index in [1.807, 2.05) is 30.5 Å². The number of benzene rings is 2. The fourth-order valence-electron chi connectivity index (χ4n) is 3.75. The van der Waals surface area contributed by atoms with Gasteiger partial charge in [0.05, 0.1) is 10.2 Å². The molecule has 1 fully saturated rings. The molecule has 0 unspecified atom stereocenters. The number of hydrogen-bond donors (Lipinski definition) is 3. The Labute approximate surface area is 164 Å². The maximum absolute atomic E-state index is 14.4. The Kier molecular flexibility index (Phi) is 3.96. The van der Waals surface area contributed by atoms with Gasteiger partial charge in [0.25, 0.3) is 0 Å². The van der Waals surface area contributed by atoms with Crippen LogP contribution in [-0.4, -0.2) is 27.6 Å². The zero-order valence-electron chi connectivity index (χ0n) is 15.1. The van der Waals surface area contributed by atoms with Crippen LogP contribution in [0.3, 0.4) is 0 Å². The van der Waals surface area contributed by atoms with E-state index in [1.165, 1.54) is 17.4 Å². The van der Waals surface area contributed by atoms with Crippen LogP contribution in [0, 0.1) is 24.6 Å². The highest BCUT2D eigenvalue weighted by atomic mass is 32.1. The molecule has 0 spiro atoms. The van der Waals surface area contributed by atoms with E-state index in [0.717, 1.165) is 38.7 Å². The van der Waals surface area contributed by atoms with E-state index in [2.05, 4.69) is 15.3 Å². The number of anilines is 1. The standard InChI is InChI=1S/C21H18FN3O2S/c1-10-15(22)8-17-13(4-5-23-17)19(10)11-2-3-16-18(7-11)28-21(24-16)25-20(27)14-6-12(14)9-26/h2-5,7-8,12,14,23,26H,6,9H2,1H3,(H,24,25,27)/t12-,14-/m1/s1. The molecule has 0 radical (unpaired) electrons. The van der Waals surface area contributed by atoms with Crippen molar-refractivity contribution in [3.8, 4) is 11.1 Å². The van der Waals surface area contributed by atoms with Crippen molar-refractivity contribution < 1.29 is 14.3 Å². The molecule has 4 aromatic rings. The van der Waals surface area contributed by atoms with E-state index in [-0.39, 0.29) is 30.2 Å². The van der Waals surface area contributed by atoms with Crippen LogP contribution in [0.1, 0.15) is 12.0 Å². The first-order valence-electron chi connectivity index (χ1n) is 9.14. The number of hydrogen-bond acceptors (Lipinski definition) is 4. The molecule has 3 N–H and O–H groups in total. The normalized spacial score (nSPS) is 18.7. The van der Waals surface area contributed by atoms with Gasteiger partial charge >= 0.3 is 0 Å². The fraction of sp³-hybridized carbons (Fsp3) is 0.238. The fourth-order valence-corrected chi connectivity index (χ4v) is 4.66. The van der Waals surface area contributed by atoms with E-state index in [0.29, 0.717) is 10.7 Å². The number of nitrogens with zero attached hydrogens (tertiary/aromatic N) is 1. The van der Waals surface area contributed by atoms with Gasteiger partial charge in [-0.25, -0.2) is 9.37 Å². The van der Waals surface area contributed by atoms with E-state index >= 15 is 0 Å². The van der Waals surface area contributed by atoms with Gasteiger partial charge in [-0.3, -0.25) is 4.79 Å². The van der Waals surface area contributed by atoms with Crippen molar-refractivity contribution in [3.63, 3.8) is 0 Å². The summed E-state index contributed by atoms with van der Waals surface area (Å²) in [5.74, 6) is -0.386. The van der Waals surface area contributed by atoms with Crippen molar-refractivity contribution in [2.75, 3.05) is 11.9 Å². The minimum absolute atomic E-state index is 0.0436. The summed E-state index contributed by atoms with van der Waals surface area (Å²) in [5.41, 5.74) is 3.93. The summed E-state index contributed by atoms with van der Waals surface area (Å²) in [5, 5.41) is 13.5. The number of aliphatic hydroxyl groups excluding tert-OH is 1. The Morgan fingerprint density at radius 1 is 1.39 bits per heavy atom. The highest BCUT2D eigenvalue weighted by Crippen LogP contribution is 2.40. The molecule has 5 rings (SSSR count). The average molecular weight is 395 g/mol. The Morgan fingerprint density at radius 3 is 3.04 bits per heavy atom. The van der Waals surface area contributed by atoms with Gasteiger partial charge in [-0.05, 0) is 60.2 Å². The highest BCUT2D eigenvalue weighted by molar-refractivity contribution is 7.22. The second-order valence-corrected chi connectivity index (χ2v) is 8.30. The molecule has 2 heterocycles. The molecular formula is C21H18FN3O2S. The number of nitrogens with one attached hydrogen (secondary N) is 2. The van der Waals surface area contributed by atoms with E-state index in [1.54, 1.807) is 6.92 Å². The number of carbonyl (C=O) groups excluding carboxylic acids is 1. The smallest absolute Gasteiger partial charge is 0.229 e. The summed E-state index contributed by atoms with van der Waals surface area (Å²) in [6, 6.07) is 9.29. The van der Waals surface area contributed by atoms with Crippen LogP contribution >= 0.6 is 11.3 Å². The monoisotopic (exact) mass is 395 g/mol. The van der Waals surface area contributed by atoms with Gasteiger partial charge in [0.1, 0.15) is 5.82 Å². The van der Waals surface area contributed by atoms with Crippen molar-refractivity contribution in [3.05, 3.63) is 47.9 Å². The molecule has 142 valence electrons. The van der Waals surface area contributed by atoms with E-state index in [4.69, 9.17) is 5.11 Å². The molecule has 5 nitrogen and oxygen atoms in total. The number of carbonyl (C=O) groups is 1. The first-order chi connectivity index (χ1) is 13.5. The Morgan fingerprint density at radius 2 is 2.25 bits per heavy atom. The van der Waals surface area contributed by atoms with Gasteiger partial charge in [0.2, 0.25) is 5.91 Å². The Hall–Kier alpha value is -2.77. The summed E-state index contributed by atoms with van der Waals surface area (Å²) in [6.45, 7) is 1.83. The zero-order valence-corrected chi connectivity index (χ0v) is 15.9. The summed E-state index contributed by atoms with van der Waals surface area (Å²) < 4.78 is 15.3. The predicted octanol–water partition coefficient (Wildman–Crippen LogP) is 4.46. The van der Waals surface area contributed by atoms with Crippen molar-refractivity contribution in [1.82, 2.24) is 9.97 Å². The van der Waals surface area contributed by atoms with Gasteiger partial charge in [-0.2, -0.15) is 0 Å². The van der Waals surface area contributed by atoms with Crippen LogP contribution in [0.15, 0.2) is 36.5 Å². The van der Waals surface area contributed by atoms with Gasteiger partial charge in [0, 0.05) is 29.6 Å². The molecular weight excluding hydrogens is 377 g/mol. The number of rotatable bonds is 4. The third-order valence-electron chi connectivity index (χ3n) is 5.45. The van der Waals surface area contributed by atoms with E-state index < -0.39 is 0 Å². The minimum Gasteiger partial charge on any atom is -0.396 e. The van der Waals surface area contributed by atoms with Gasteiger partial charge in [0.15, 0.2) is 5.13 Å². The topological polar surface area (TPSA) is 78.0 Å². The van der Waals surface area contributed by atoms with Gasteiger partial charge in [-0.15, -0.1) is 0 Å². The number of halogens is 1. The number of aliphatic hydroxyl groups is 1. The molecule has 0 bridgehead atoms. The average Bonchev–Trinajstić information content (AvgIpc) is 3.16. The number of amides is 1. The van der Waals surface area contributed by atoms with Crippen molar-refractivity contribution in [2.45, 2.75) is 13.3 Å². The maximum atomic E-state index is 14.4. The van der Waals surface area contributed by atoms with Crippen LogP contribution in [0.5, 0.6) is 0 Å². The van der Waals surface area contributed by atoms with Crippen LogP contribution in [0.2, 0.25) is 0 Å². The zero-order chi connectivity index (χ0) is 19.4. The molecule has 2 aromatic heterocycles. The molecule has 1 amide bonds. The van der Waals surface area contributed by atoms with Gasteiger partial charge < -0.3 is 15.4 Å². The summed E-state index contributed by atoms with van der Waals surface area (Å²) in [7, 11) is 0. The largest absolute Gasteiger partial charge is 0.396 e. The van der Waals surface area contributed by atoms with Crippen LogP contribution in [0.25, 0.3) is 32.2 Å². The second-order valence-electron chi connectivity index (χ2n) is 7.27. The van der Waals surface area contributed by atoms with E-state index in [9.17, 15) is 9.18 Å². The lowest BCUT2D eigenvalue weighted by Gasteiger charge is -2.09. The Bertz CT molecular complexity index is 1230. The van der Waals surface area contributed by atoms with Crippen LogP contribution in [0.4, 0.5) is 9.52 Å². The van der Waals surface area contributed by atoms with Crippen LogP contribution < -0.4 is 5.32 Å². The lowest BCUT2D eigenvalue weighted by Crippen LogP contribution is -2.15. The predicted molar refractivity (Wildman–Crippen MR) is 109 cm³/mol. The van der Waals surface area contributed by atoms with Crippen molar-refractivity contribution in [2.24, 2.45) is 11.8 Å².